The molecule has 1 aliphatic heterocycles. The van der Waals surface area contributed by atoms with E-state index >= 15 is 0 Å². The van der Waals surface area contributed by atoms with Gasteiger partial charge in [0.1, 0.15) is 5.82 Å². The van der Waals surface area contributed by atoms with Crippen LogP contribution in [0.2, 0.25) is 5.02 Å². The lowest BCUT2D eigenvalue weighted by molar-refractivity contribution is -0.0369. The molecule has 1 aromatic carbocycles. The van der Waals surface area contributed by atoms with Gasteiger partial charge in [0, 0.05) is 23.2 Å². The number of hydrogen-bond donors (Lipinski definition) is 1. The maximum absolute atomic E-state index is 14.0. The molecule has 1 saturated heterocycles. The lowest BCUT2D eigenvalue weighted by atomic mass is 9.52. The van der Waals surface area contributed by atoms with Crippen molar-refractivity contribution in [1.82, 2.24) is 10.2 Å². The van der Waals surface area contributed by atoms with Crippen molar-refractivity contribution < 1.29 is 4.39 Å². The van der Waals surface area contributed by atoms with E-state index in [-0.39, 0.29) is 5.82 Å². The number of rotatable bonds is 5. The molecule has 5 aliphatic rings. The van der Waals surface area contributed by atoms with Crippen LogP contribution in [0, 0.1) is 35.4 Å². The predicted molar refractivity (Wildman–Crippen MR) is 108 cm³/mol. The van der Waals surface area contributed by atoms with E-state index in [0.717, 1.165) is 48.2 Å². The summed E-state index contributed by atoms with van der Waals surface area (Å²) in [5, 5.41) is 4.41. The van der Waals surface area contributed by atoms with Gasteiger partial charge in [-0.1, -0.05) is 17.7 Å². The minimum Gasteiger partial charge on any atom is -0.314 e. The van der Waals surface area contributed by atoms with Crippen molar-refractivity contribution in [2.75, 3.05) is 19.6 Å². The molecule has 6 rings (SSSR count). The van der Waals surface area contributed by atoms with Crippen molar-refractivity contribution in [3.8, 4) is 0 Å². The molecule has 4 saturated carbocycles. The fourth-order valence-corrected chi connectivity index (χ4v) is 7.02. The average molecular weight is 391 g/mol. The Morgan fingerprint density at radius 3 is 2.30 bits per heavy atom. The van der Waals surface area contributed by atoms with Crippen LogP contribution in [0.25, 0.3) is 0 Å². The number of nitrogens with zero attached hydrogens (tertiary/aromatic N) is 1. The van der Waals surface area contributed by atoms with E-state index < -0.39 is 0 Å². The van der Waals surface area contributed by atoms with Crippen molar-refractivity contribution in [3.63, 3.8) is 0 Å². The summed E-state index contributed by atoms with van der Waals surface area (Å²) >= 11 is 5.86. The monoisotopic (exact) mass is 390 g/mol. The highest BCUT2D eigenvalue weighted by molar-refractivity contribution is 6.30. The largest absolute Gasteiger partial charge is 0.314 e. The van der Waals surface area contributed by atoms with E-state index in [2.05, 4.69) is 10.2 Å². The summed E-state index contributed by atoms with van der Waals surface area (Å²) in [5.41, 5.74) is 0.763. The molecule has 0 amide bonds. The Bertz CT molecular complexity index is 642. The molecule has 1 N–H and O–H groups in total. The highest BCUT2D eigenvalue weighted by Gasteiger charge is 2.47. The van der Waals surface area contributed by atoms with Crippen LogP contribution in [0.15, 0.2) is 18.2 Å². The second-order valence-corrected chi connectivity index (χ2v) is 10.2. The molecule has 4 heteroatoms. The summed E-state index contributed by atoms with van der Waals surface area (Å²) in [6, 6.07) is 5.69. The van der Waals surface area contributed by atoms with Gasteiger partial charge in [-0.05, 0) is 106 Å². The summed E-state index contributed by atoms with van der Waals surface area (Å²) in [5.74, 6) is 4.94. The minimum absolute atomic E-state index is 0.176. The van der Waals surface area contributed by atoms with Gasteiger partial charge in [-0.3, -0.25) is 4.90 Å². The molecule has 5 fully saturated rings. The van der Waals surface area contributed by atoms with E-state index in [1.165, 1.54) is 51.1 Å². The molecule has 148 valence electrons. The molecule has 4 bridgehead atoms. The van der Waals surface area contributed by atoms with E-state index in [9.17, 15) is 4.39 Å². The maximum Gasteiger partial charge on any atom is 0.129 e. The van der Waals surface area contributed by atoms with Crippen LogP contribution in [0.1, 0.15) is 50.5 Å². The van der Waals surface area contributed by atoms with Crippen LogP contribution in [0.5, 0.6) is 0 Å². The molecule has 0 radical (unpaired) electrons. The molecule has 1 aromatic rings. The Morgan fingerprint density at radius 2 is 1.67 bits per heavy atom. The van der Waals surface area contributed by atoms with Crippen molar-refractivity contribution in [2.24, 2.45) is 29.6 Å². The molecule has 4 aliphatic carbocycles. The first-order valence-corrected chi connectivity index (χ1v) is 11.4. The standard InChI is InChI=1S/C23H32ClFN2/c24-20-2-1-17(23(25)12-20)14-27-5-3-21(4-6-27)26-13-22-18-8-15-7-16(10-18)11-19(22)9-15/h1-2,12,15-16,18-19,21-22,26H,3-11,13-14H2. The number of likely N-dealkylation sites (tertiary alicyclic amines) is 1. The second kappa shape index (κ2) is 7.65. The molecule has 1 heterocycles. The van der Waals surface area contributed by atoms with Crippen LogP contribution in [0.4, 0.5) is 4.39 Å². The molecule has 2 nitrogen and oxygen atoms in total. The lowest BCUT2D eigenvalue weighted by Gasteiger charge is -2.54. The molecule has 0 atom stereocenters. The normalized spacial score (nSPS) is 36.4. The molecule has 0 spiro atoms. The highest BCUT2D eigenvalue weighted by atomic mass is 35.5. The molecular weight excluding hydrogens is 359 g/mol. The number of benzene rings is 1. The number of piperidine rings is 1. The van der Waals surface area contributed by atoms with Crippen LogP contribution in [0.3, 0.4) is 0 Å². The quantitative estimate of drug-likeness (QED) is 0.751. The van der Waals surface area contributed by atoms with Gasteiger partial charge in [0.15, 0.2) is 0 Å². The number of hydrogen-bond acceptors (Lipinski definition) is 2. The first-order valence-electron chi connectivity index (χ1n) is 11.0. The maximum atomic E-state index is 14.0. The fourth-order valence-electron chi connectivity index (χ4n) is 6.86. The zero-order valence-corrected chi connectivity index (χ0v) is 16.9. The Kier molecular flexibility index (Phi) is 5.21. The summed E-state index contributed by atoms with van der Waals surface area (Å²) in [6.45, 7) is 4.05. The van der Waals surface area contributed by atoms with Crippen LogP contribution >= 0.6 is 11.6 Å². The van der Waals surface area contributed by atoms with E-state index in [0.29, 0.717) is 17.6 Å². The SMILES string of the molecule is Fc1cc(Cl)ccc1CN1CCC(NCC2C3CC4CC(C3)CC2C4)CC1. The first kappa shape index (κ1) is 18.4. The third kappa shape index (κ3) is 3.93. The average Bonchev–Trinajstić information content (AvgIpc) is 2.64. The molecule has 0 aromatic heterocycles. The predicted octanol–water partition coefficient (Wildman–Crippen LogP) is 5.11. The number of nitrogens with one attached hydrogen (secondary N) is 1. The summed E-state index contributed by atoms with van der Waals surface area (Å²) in [7, 11) is 0. The smallest absolute Gasteiger partial charge is 0.129 e. The fraction of sp³-hybridized carbons (Fsp3) is 0.739. The van der Waals surface area contributed by atoms with Crippen molar-refractivity contribution >= 4 is 11.6 Å². The molecule has 27 heavy (non-hydrogen) atoms. The van der Waals surface area contributed by atoms with Gasteiger partial charge in [-0.15, -0.1) is 0 Å². The van der Waals surface area contributed by atoms with Crippen molar-refractivity contribution in [3.05, 3.63) is 34.6 Å². The van der Waals surface area contributed by atoms with Gasteiger partial charge in [-0.25, -0.2) is 4.39 Å². The highest BCUT2D eigenvalue weighted by Crippen LogP contribution is 2.56. The van der Waals surface area contributed by atoms with Gasteiger partial charge in [0.2, 0.25) is 0 Å². The van der Waals surface area contributed by atoms with Crippen LogP contribution in [-0.2, 0) is 6.54 Å². The van der Waals surface area contributed by atoms with E-state index in [4.69, 9.17) is 11.6 Å². The van der Waals surface area contributed by atoms with Crippen molar-refractivity contribution in [2.45, 2.75) is 57.5 Å². The van der Waals surface area contributed by atoms with Gasteiger partial charge in [-0.2, -0.15) is 0 Å². The summed E-state index contributed by atoms with van der Waals surface area (Å²) in [6.07, 6.45) is 9.98. The Morgan fingerprint density at radius 1 is 1.00 bits per heavy atom. The summed E-state index contributed by atoms with van der Waals surface area (Å²) < 4.78 is 14.0. The molecule has 0 unspecified atom stereocenters. The Hall–Kier alpha value is -0.640. The van der Waals surface area contributed by atoms with Crippen LogP contribution < -0.4 is 5.32 Å². The minimum atomic E-state index is -0.176. The topological polar surface area (TPSA) is 15.3 Å². The summed E-state index contributed by atoms with van der Waals surface area (Å²) in [4.78, 5) is 2.38. The molecular formula is C23H32ClFN2. The zero-order chi connectivity index (χ0) is 18.4. The van der Waals surface area contributed by atoms with Gasteiger partial charge < -0.3 is 5.32 Å². The lowest BCUT2D eigenvalue weighted by Crippen LogP contribution is -2.50. The zero-order valence-electron chi connectivity index (χ0n) is 16.2. The van der Waals surface area contributed by atoms with Gasteiger partial charge >= 0.3 is 0 Å². The van der Waals surface area contributed by atoms with Gasteiger partial charge in [0.25, 0.3) is 0 Å². The third-order valence-electron chi connectivity index (χ3n) is 8.06. The Balaban J connectivity index is 1.09. The van der Waals surface area contributed by atoms with Crippen molar-refractivity contribution in [1.29, 1.82) is 0 Å². The van der Waals surface area contributed by atoms with E-state index in [1.807, 2.05) is 6.07 Å². The third-order valence-corrected chi connectivity index (χ3v) is 8.30. The second-order valence-electron chi connectivity index (χ2n) is 9.79. The van der Waals surface area contributed by atoms with Gasteiger partial charge in [0.05, 0.1) is 0 Å². The van der Waals surface area contributed by atoms with Crippen LogP contribution in [-0.4, -0.2) is 30.6 Å². The number of halogens is 2. The Labute approximate surface area is 167 Å². The first-order chi connectivity index (χ1) is 13.1. The van der Waals surface area contributed by atoms with E-state index in [1.54, 1.807) is 12.5 Å².